The van der Waals surface area contributed by atoms with E-state index in [1.165, 1.54) is 12.1 Å². The molecule has 0 spiro atoms. The number of pyridine rings is 1. The van der Waals surface area contributed by atoms with E-state index in [9.17, 15) is 18.0 Å². The maximum Gasteiger partial charge on any atom is 0.416 e. The summed E-state index contributed by atoms with van der Waals surface area (Å²) < 4.78 is 39.8. The van der Waals surface area contributed by atoms with Crippen LogP contribution >= 0.6 is 11.6 Å². The molecule has 1 aliphatic carbocycles. The van der Waals surface area contributed by atoms with Crippen molar-refractivity contribution in [2.75, 3.05) is 0 Å². The molecule has 1 saturated carbocycles. The van der Waals surface area contributed by atoms with Gasteiger partial charge in [-0.05, 0) is 98.0 Å². The highest BCUT2D eigenvalue weighted by atomic mass is 35.5. The third-order valence-corrected chi connectivity index (χ3v) is 7.00. The van der Waals surface area contributed by atoms with Crippen LogP contribution in [-0.2, 0) is 6.18 Å². The highest BCUT2D eigenvalue weighted by Gasteiger charge is 2.32. The number of hydrogen-bond acceptors (Lipinski definition) is 2. The quantitative estimate of drug-likeness (QED) is 0.419. The van der Waals surface area contributed by atoms with Gasteiger partial charge >= 0.3 is 6.18 Å². The van der Waals surface area contributed by atoms with Gasteiger partial charge in [-0.25, -0.2) is 0 Å². The van der Waals surface area contributed by atoms with Crippen molar-refractivity contribution in [2.24, 2.45) is 5.92 Å². The lowest BCUT2D eigenvalue weighted by atomic mass is 9.75. The number of nitrogens with one attached hydrogen (secondary N) is 1. The lowest BCUT2D eigenvalue weighted by Gasteiger charge is -2.34. The summed E-state index contributed by atoms with van der Waals surface area (Å²) >= 11 is 5.91. The average Bonchev–Trinajstić information content (AvgIpc) is 2.81. The zero-order valence-corrected chi connectivity index (χ0v) is 19.1. The zero-order chi connectivity index (χ0) is 23.6. The Morgan fingerprint density at radius 3 is 2.42 bits per heavy atom. The van der Waals surface area contributed by atoms with Crippen molar-refractivity contribution in [3.8, 4) is 0 Å². The van der Waals surface area contributed by atoms with Crippen LogP contribution in [0.1, 0.15) is 66.4 Å². The number of benzene rings is 2. The van der Waals surface area contributed by atoms with E-state index < -0.39 is 11.7 Å². The zero-order valence-electron chi connectivity index (χ0n) is 18.3. The summed E-state index contributed by atoms with van der Waals surface area (Å²) in [6.45, 7) is 2.06. The van der Waals surface area contributed by atoms with Crippen molar-refractivity contribution in [2.45, 2.75) is 57.2 Å². The average molecular weight is 475 g/mol. The maximum absolute atomic E-state index is 13.3. The first-order valence-electron chi connectivity index (χ1n) is 11.3. The van der Waals surface area contributed by atoms with Gasteiger partial charge in [-0.3, -0.25) is 9.78 Å². The number of carbonyl (C=O) groups is 1. The van der Waals surface area contributed by atoms with Gasteiger partial charge in [0.05, 0.1) is 11.1 Å². The molecule has 1 aliphatic rings. The van der Waals surface area contributed by atoms with Gasteiger partial charge in [-0.15, -0.1) is 0 Å². The summed E-state index contributed by atoms with van der Waals surface area (Å²) in [7, 11) is 0. The molecule has 1 N–H and O–H groups in total. The molecule has 0 saturated heterocycles. The molecule has 1 amide bonds. The summed E-state index contributed by atoms with van der Waals surface area (Å²) in [5.41, 5.74) is 1.45. The van der Waals surface area contributed by atoms with Crippen LogP contribution in [0.3, 0.4) is 0 Å². The summed E-state index contributed by atoms with van der Waals surface area (Å²) in [6.07, 6.45) is 1.68. The third-order valence-electron chi connectivity index (χ3n) is 6.75. The Morgan fingerprint density at radius 1 is 1.09 bits per heavy atom. The van der Waals surface area contributed by atoms with E-state index in [1.807, 2.05) is 6.07 Å². The number of hydrogen-bond donors (Lipinski definition) is 1. The first-order valence-corrected chi connectivity index (χ1v) is 11.7. The molecule has 33 heavy (non-hydrogen) atoms. The monoisotopic (exact) mass is 474 g/mol. The van der Waals surface area contributed by atoms with Crippen molar-refractivity contribution in [1.29, 1.82) is 0 Å². The number of rotatable bonds is 5. The molecule has 174 valence electrons. The van der Waals surface area contributed by atoms with Crippen molar-refractivity contribution in [3.05, 3.63) is 76.4 Å². The molecule has 0 aliphatic heterocycles. The third kappa shape index (κ3) is 5.32. The molecular formula is C26H26ClF3N2O. The Hall–Kier alpha value is -2.60. The van der Waals surface area contributed by atoms with Crippen LogP contribution in [0.4, 0.5) is 13.2 Å². The largest absolute Gasteiger partial charge is 0.416 e. The van der Waals surface area contributed by atoms with Crippen LogP contribution in [0.5, 0.6) is 0 Å². The van der Waals surface area contributed by atoms with Crippen LogP contribution in [0.15, 0.2) is 54.7 Å². The molecule has 1 unspecified atom stereocenters. The topological polar surface area (TPSA) is 42.0 Å². The van der Waals surface area contributed by atoms with Crippen LogP contribution in [0.2, 0.25) is 5.02 Å². The Labute approximate surface area is 196 Å². The highest BCUT2D eigenvalue weighted by Crippen LogP contribution is 2.41. The Balaban J connectivity index is 1.46. The SMILES string of the molecule is CCC(NC(=O)c1ccc(Cl)cc1)C1CCC(c2ccnc3ccc(C(F)(F)F)cc23)CC1. The smallest absolute Gasteiger partial charge is 0.349 e. The molecule has 1 atom stereocenters. The first kappa shape index (κ1) is 23.6. The van der Waals surface area contributed by atoms with Gasteiger partial charge in [0.25, 0.3) is 5.91 Å². The number of fused-ring (bicyclic) bond motifs is 1. The molecule has 4 rings (SSSR count). The normalized spacial score (nSPS) is 19.9. The Bertz CT molecular complexity index is 1120. The summed E-state index contributed by atoms with van der Waals surface area (Å²) in [5.74, 6) is 0.404. The van der Waals surface area contributed by atoms with E-state index in [0.29, 0.717) is 27.4 Å². The molecule has 2 aromatic carbocycles. The molecule has 0 bridgehead atoms. The molecule has 1 aromatic heterocycles. The molecule has 1 heterocycles. The van der Waals surface area contributed by atoms with Crippen LogP contribution in [0.25, 0.3) is 10.9 Å². The van der Waals surface area contributed by atoms with Crippen LogP contribution < -0.4 is 5.32 Å². The molecule has 3 nitrogen and oxygen atoms in total. The minimum Gasteiger partial charge on any atom is -0.349 e. The number of nitrogens with zero attached hydrogens (tertiary/aromatic N) is 1. The Morgan fingerprint density at radius 2 is 1.79 bits per heavy atom. The fourth-order valence-electron chi connectivity index (χ4n) is 4.94. The number of carbonyl (C=O) groups excluding carboxylic acids is 1. The summed E-state index contributed by atoms with van der Waals surface area (Å²) in [6, 6.07) is 12.5. The highest BCUT2D eigenvalue weighted by molar-refractivity contribution is 6.30. The standard InChI is InChI=1S/C26H26ClF3N2O/c1-2-23(32-25(33)18-7-10-20(27)11-8-18)17-5-3-16(4-6-17)21-13-14-31-24-12-9-19(15-22(21)24)26(28,29)30/h7-17,23H,2-6H2,1H3,(H,32,33). The van der Waals surface area contributed by atoms with Gasteiger partial charge < -0.3 is 5.32 Å². The summed E-state index contributed by atoms with van der Waals surface area (Å²) in [4.78, 5) is 16.9. The van der Waals surface area contributed by atoms with Crippen molar-refractivity contribution in [1.82, 2.24) is 10.3 Å². The van der Waals surface area contributed by atoms with E-state index in [0.717, 1.165) is 43.7 Å². The van der Waals surface area contributed by atoms with Crippen molar-refractivity contribution in [3.63, 3.8) is 0 Å². The number of aromatic nitrogens is 1. The van der Waals surface area contributed by atoms with E-state index in [4.69, 9.17) is 11.6 Å². The minimum absolute atomic E-state index is 0.0557. The van der Waals surface area contributed by atoms with Crippen molar-refractivity contribution >= 4 is 28.4 Å². The second-order valence-corrected chi connectivity index (χ2v) is 9.17. The fourth-order valence-corrected chi connectivity index (χ4v) is 5.06. The number of halogens is 4. The van der Waals surface area contributed by atoms with Gasteiger partial charge in [0.15, 0.2) is 0 Å². The lowest BCUT2D eigenvalue weighted by Crippen LogP contribution is -2.41. The van der Waals surface area contributed by atoms with E-state index in [-0.39, 0.29) is 17.9 Å². The maximum atomic E-state index is 13.3. The van der Waals surface area contributed by atoms with E-state index in [1.54, 1.807) is 30.5 Å². The van der Waals surface area contributed by atoms with Crippen LogP contribution in [0, 0.1) is 5.92 Å². The molecule has 7 heteroatoms. The fraction of sp³-hybridized carbons (Fsp3) is 0.385. The van der Waals surface area contributed by atoms with E-state index >= 15 is 0 Å². The van der Waals surface area contributed by atoms with Gasteiger partial charge in [-0.2, -0.15) is 13.2 Å². The predicted molar refractivity (Wildman–Crippen MR) is 124 cm³/mol. The second kappa shape index (κ2) is 9.72. The van der Waals surface area contributed by atoms with Gasteiger partial charge in [-0.1, -0.05) is 18.5 Å². The van der Waals surface area contributed by atoms with Gasteiger partial charge in [0, 0.05) is 28.2 Å². The lowest BCUT2D eigenvalue weighted by molar-refractivity contribution is -0.137. The predicted octanol–water partition coefficient (Wildman–Crippen LogP) is 7.39. The number of alkyl halides is 3. The van der Waals surface area contributed by atoms with E-state index in [2.05, 4.69) is 17.2 Å². The molecule has 3 aromatic rings. The summed E-state index contributed by atoms with van der Waals surface area (Å²) in [5, 5.41) is 4.33. The molecule has 1 fully saturated rings. The molecular weight excluding hydrogens is 449 g/mol. The molecule has 0 radical (unpaired) electrons. The Kier molecular flexibility index (Phi) is 6.94. The van der Waals surface area contributed by atoms with Crippen LogP contribution in [-0.4, -0.2) is 16.9 Å². The van der Waals surface area contributed by atoms with Crippen molar-refractivity contribution < 1.29 is 18.0 Å². The minimum atomic E-state index is -4.38. The van der Waals surface area contributed by atoms with Gasteiger partial charge in [0.2, 0.25) is 0 Å². The first-order chi connectivity index (χ1) is 15.8. The van der Waals surface area contributed by atoms with Gasteiger partial charge in [0.1, 0.15) is 0 Å². The second-order valence-electron chi connectivity index (χ2n) is 8.74. The number of amides is 1.